The lowest BCUT2D eigenvalue weighted by atomic mass is 10.2. The predicted octanol–water partition coefficient (Wildman–Crippen LogP) is 1.15. The molecule has 1 aliphatic heterocycles. The molecule has 0 aromatic heterocycles. The van der Waals surface area contributed by atoms with Gasteiger partial charge in [0.05, 0.1) is 4.90 Å². The minimum atomic E-state index is -3.47. The number of nitrogens with zero attached hydrogens (tertiary/aromatic N) is 2. The Morgan fingerprint density at radius 2 is 1.74 bits per heavy atom. The number of sulfonamides is 1. The van der Waals surface area contributed by atoms with E-state index in [0.29, 0.717) is 25.2 Å². The zero-order valence-corrected chi connectivity index (χ0v) is 14.6. The Balaban J connectivity index is 2.05. The van der Waals surface area contributed by atoms with Crippen LogP contribution in [0.1, 0.15) is 30.1 Å². The Bertz CT molecular complexity index is 620. The summed E-state index contributed by atoms with van der Waals surface area (Å²) in [6.07, 6.45) is 1.95. The number of likely N-dealkylation sites (N-methyl/N-ethyl adjacent to an activating group) is 1. The highest BCUT2D eigenvalue weighted by molar-refractivity contribution is 7.89. The quantitative estimate of drug-likeness (QED) is 0.790. The molecule has 0 saturated carbocycles. The second kappa shape index (κ2) is 7.90. The minimum absolute atomic E-state index is 0.165. The first-order valence-corrected chi connectivity index (χ1v) is 9.46. The highest BCUT2D eigenvalue weighted by Gasteiger charge is 2.27. The van der Waals surface area contributed by atoms with E-state index in [9.17, 15) is 13.2 Å². The molecule has 128 valence electrons. The highest BCUT2D eigenvalue weighted by Crippen LogP contribution is 2.18. The summed E-state index contributed by atoms with van der Waals surface area (Å²) in [6.45, 7) is 5.16. The van der Waals surface area contributed by atoms with Gasteiger partial charge < -0.3 is 10.2 Å². The van der Waals surface area contributed by atoms with Gasteiger partial charge >= 0.3 is 0 Å². The molecule has 1 saturated heterocycles. The molecule has 0 unspecified atom stereocenters. The first kappa shape index (κ1) is 17.9. The Hall–Kier alpha value is -1.44. The lowest BCUT2D eigenvalue weighted by Crippen LogP contribution is -2.47. The van der Waals surface area contributed by atoms with Gasteiger partial charge in [0, 0.05) is 38.3 Å². The molecule has 0 spiro atoms. The van der Waals surface area contributed by atoms with Gasteiger partial charge in [0.25, 0.3) is 5.91 Å². The average Bonchev–Trinajstić information content (AvgIpc) is 2.55. The lowest BCUT2D eigenvalue weighted by molar-refractivity contribution is 0.0953. The Kier molecular flexibility index (Phi) is 6.15. The van der Waals surface area contributed by atoms with Crippen LogP contribution in [0.5, 0.6) is 0 Å². The van der Waals surface area contributed by atoms with Crippen LogP contribution in [0.15, 0.2) is 29.2 Å². The summed E-state index contributed by atoms with van der Waals surface area (Å²) in [6, 6.07) is 6.18. The maximum absolute atomic E-state index is 12.6. The van der Waals surface area contributed by atoms with Crippen LogP contribution in [-0.2, 0) is 10.0 Å². The third kappa shape index (κ3) is 4.53. The standard InChI is InChI=1S/C16H25N3O3S/c1-3-4-9-17-16(20)14-5-7-15(8-6-14)23(21,22)19-12-10-18(2)11-13-19/h5-8H,3-4,9-13H2,1-2H3,(H,17,20). The molecule has 23 heavy (non-hydrogen) atoms. The fourth-order valence-corrected chi connectivity index (χ4v) is 3.86. The van der Waals surface area contributed by atoms with Crippen molar-refractivity contribution in [1.29, 1.82) is 0 Å². The van der Waals surface area contributed by atoms with Crippen LogP contribution in [0.3, 0.4) is 0 Å². The predicted molar refractivity (Wildman–Crippen MR) is 89.9 cm³/mol. The third-order valence-corrected chi connectivity index (χ3v) is 5.95. The monoisotopic (exact) mass is 339 g/mol. The van der Waals surface area contributed by atoms with Crippen molar-refractivity contribution in [2.75, 3.05) is 39.8 Å². The molecule has 0 radical (unpaired) electrons. The number of unbranched alkanes of at least 4 members (excludes halogenated alkanes) is 1. The van der Waals surface area contributed by atoms with E-state index in [2.05, 4.69) is 17.1 Å². The summed E-state index contributed by atoms with van der Waals surface area (Å²) in [7, 11) is -1.49. The normalized spacial score (nSPS) is 17.1. The van der Waals surface area contributed by atoms with Crippen LogP contribution in [0.4, 0.5) is 0 Å². The molecule has 1 heterocycles. The number of carbonyl (C=O) groups excluding carboxylic acids is 1. The van der Waals surface area contributed by atoms with E-state index in [4.69, 9.17) is 0 Å². The van der Waals surface area contributed by atoms with Gasteiger partial charge in [-0.2, -0.15) is 4.31 Å². The zero-order valence-electron chi connectivity index (χ0n) is 13.8. The maximum atomic E-state index is 12.6. The van der Waals surface area contributed by atoms with Crippen LogP contribution in [-0.4, -0.2) is 63.3 Å². The molecular weight excluding hydrogens is 314 g/mol. The van der Waals surface area contributed by atoms with E-state index < -0.39 is 10.0 Å². The molecule has 7 heteroatoms. The van der Waals surface area contributed by atoms with Crippen LogP contribution < -0.4 is 5.32 Å². The van der Waals surface area contributed by atoms with Crippen molar-refractivity contribution in [2.45, 2.75) is 24.7 Å². The van der Waals surface area contributed by atoms with Crippen LogP contribution in [0.2, 0.25) is 0 Å². The van der Waals surface area contributed by atoms with Crippen molar-refractivity contribution in [1.82, 2.24) is 14.5 Å². The minimum Gasteiger partial charge on any atom is -0.352 e. The molecule has 1 aromatic rings. The van der Waals surface area contributed by atoms with Gasteiger partial charge in [-0.05, 0) is 37.7 Å². The molecule has 2 rings (SSSR count). The molecule has 1 aliphatic rings. The van der Waals surface area contributed by atoms with Crippen LogP contribution in [0, 0.1) is 0 Å². The average molecular weight is 339 g/mol. The molecule has 1 N–H and O–H groups in total. The fourth-order valence-electron chi connectivity index (χ4n) is 2.44. The molecule has 1 fully saturated rings. The molecule has 1 amide bonds. The molecule has 6 nitrogen and oxygen atoms in total. The molecule has 0 bridgehead atoms. The third-order valence-electron chi connectivity index (χ3n) is 4.03. The first-order valence-electron chi connectivity index (χ1n) is 8.02. The number of carbonyl (C=O) groups is 1. The van der Waals surface area contributed by atoms with Crippen molar-refractivity contribution in [2.24, 2.45) is 0 Å². The fraction of sp³-hybridized carbons (Fsp3) is 0.562. The summed E-state index contributed by atoms with van der Waals surface area (Å²) in [5.41, 5.74) is 0.485. The van der Waals surface area contributed by atoms with Gasteiger partial charge in [-0.15, -0.1) is 0 Å². The number of amides is 1. The number of hydrogen-bond acceptors (Lipinski definition) is 4. The number of rotatable bonds is 6. The van der Waals surface area contributed by atoms with E-state index in [1.807, 2.05) is 7.05 Å². The van der Waals surface area contributed by atoms with E-state index in [-0.39, 0.29) is 10.8 Å². The maximum Gasteiger partial charge on any atom is 0.251 e. The van der Waals surface area contributed by atoms with Crippen molar-refractivity contribution in [3.8, 4) is 0 Å². The highest BCUT2D eigenvalue weighted by atomic mass is 32.2. The van der Waals surface area contributed by atoms with E-state index in [1.54, 1.807) is 12.1 Å². The number of benzene rings is 1. The van der Waals surface area contributed by atoms with Crippen molar-refractivity contribution in [3.05, 3.63) is 29.8 Å². The summed E-state index contributed by atoms with van der Waals surface area (Å²) >= 11 is 0. The largest absolute Gasteiger partial charge is 0.352 e. The molecule has 0 aliphatic carbocycles. The zero-order chi connectivity index (χ0) is 16.9. The van der Waals surface area contributed by atoms with Gasteiger partial charge in [-0.1, -0.05) is 13.3 Å². The smallest absolute Gasteiger partial charge is 0.251 e. The molecule has 1 aromatic carbocycles. The van der Waals surface area contributed by atoms with E-state index >= 15 is 0 Å². The SMILES string of the molecule is CCCCNC(=O)c1ccc(S(=O)(=O)N2CCN(C)CC2)cc1. The van der Waals surface area contributed by atoms with E-state index in [1.165, 1.54) is 16.4 Å². The Labute approximate surface area is 138 Å². The summed E-state index contributed by atoms with van der Waals surface area (Å²) in [5, 5.41) is 2.82. The van der Waals surface area contributed by atoms with Gasteiger partial charge in [0.15, 0.2) is 0 Å². The number of piperazine rings is 1. The van der Waals surface area contributed by atoms with Crippen molar-refractivity contribution in [3.63, 3.8) is 0 Å². The van der Waals surface area contributed by atoms with Gasteiger partial charge in [0.1, 0.15) is 0 Å². The summed E-state index contributed by atoms with van der Waals surface area (Å²) < 4.78 is 26.7. The second-order valence-corrected chi connectivity index (χ2v) is 7.78. The van der Waals surface area contributed by atoms with Gasteiger partial charge in [-0.3, -0.25) is 4.79 Å². The first-order chi connectivity index (χ1) is 10.9. The Morgan fingerprint density at radius 3 is 2.30 bits per heavy atom. The summed E-state index contributed by atoms with van der Waals surface area (Å²) in [5.74, 6) is -0.165. The topological polar surface area (TPSA) is 69.7 Å². The molecular formula is C16H25N3O3S. The van der Waals surface area contributed by atoms with Gasteiger partial charge in [-0.25, -0.2) is 8.42 Å². The second-order valence-electron chi connectivity index (χ2n) is 5.84. The van der Waals surface area contributed by atoms with Crippen LogP contribution in [0.25, 0.3) is 0 Å². The van der Waals surface area contributed by atoms with E-state index in [0.717, 1.165) is 25.9 Å². The van der Waals surface area contributed by atoms with Crippen molar-refractivity contribution < 1.29 is 13.2 Å². The van der Waals surface area contributed by atoms with Crippen molar-refractivity contribution >= 4 is 15.9 Å². The van der Waals surface area contributed by atoms with Crippen LogP contribution >= 0.6 is 0 Å². The lowest BCUT2D eigenvalue weighted by Gasteiger charge is -2.31. The summed E-state index contributed by atoms with van der Waals surface area (Å²) in [4.78, 5) is 14.3. The molecule has 0 atom stereocenters. The number of hydrogen-bond donors (Lipinski definition) is 1. The van der Waals surface area contributed by atoms with Gasteiger partial charge in [0.2, 0.25) is 10.0 Å². The number of nitrogens with one attached hydrogen (secondary N) is 1. The Morgan fingerprint density at radius 1 is 1.13 bits per heavy atom.